The summed E-state index contributed by atoms with van der Waals surface area (Å²) in [6, 6.07) is 0. The molecule has 0 aromatic carbocycles. The molecule has 0 saturated carbocycles. The van der Waals surface area contributed by atoms with Gasteiger partial charge in [0.05, 0.1) is 14.4 Å². The fraction of sp³-hybridized carbons (Fsp3) is 0.481. The van der Waals surface area contributed by atoms with E-state index in [0.717, 1.165) is 25.7 Å². The first kappa shape index (κ1) is 44.8. The summed E-state index contributed by atoms with van der Waals surface area (Å²) in [5.74, 6) is 23.4. The Morgan fingerprint density at radius 2 is 1.31 bits per heavy atom. The summed E-state index contributed by atoms with van der Waals surface area (Å²) in [6.07, 6.45) is 12.0. The fourth-order valence-corrected chi connectivity index (χ4v) is 2.83. The molecule has 0 N–H and O–H groups in total. The van der Waals surface area contributed by atoms with Crippen molar-refractivity contribution in [2.75, 3.05) is 13.2 Å². The van der Waals surface area contributed by atoms with Gasteiger partial charge in [-0.25, -0.2) is 4.79 Å². The van der Waals surface area contributed by atoms with Gasteiger partial charge < -0.3 is 28.3 Å². The van der Waals surface area contributed by atoms with Crippen molar-refractivity contribution >= 4 is 33.3 Å². The third kappa shape index (κ3) is 34.7. The van der Waals surface area contributed by atoms with Crippen molar-refractivity contribution in [3.63, 3.8) is 0 Å². The van der Waals surface area contributed by atoms with Crippen LogP contribution >= 0.6 is 21.3 Å². The van der Waals surface area contributed by atoms with E-state index in [1.54, 1.807) is 0 Å². The number of ether oxygens (including phenoxy) is 2. The second-order valence-electron chi connectivity index (χ2n) is 7.07. The minimum atomic E-state index is -5.31. The van der Waals surface area contributed by atoms with E-state index in [4.69, 9.17) is 15.9 Å². The number of phosphoric ester groups is 1. The smallest absolute Gasteiger partial charge is 0.790 e. The Morgan fingerprint density at radius 1 is 0.821 bits per heavy atom. The molecule has 0 heterocycles. The second-order valence-corrected chi connectivity index (χ2v) is 8.23. The van der Waals surface area contributed by atoms with Crippen LogP contribution in [0.3, 0.4) is 0 Å². The Balaban J connectivity index is -0.0000000673. The Bertz CT molecular complexity index is 1160. The van der Waals surface area contributed by atoms with E-state index in [1.165, 1.54) is 19.3 Å². The summed E-state index contributed by atoms with van der Waals surface area (Å²) in [6.45, 7) is 0.812. The zero-order valence-electron chi connectivity index (χ0n) is 22.6. The van der Waals surface area contributed by atoms with Gasteiger partial charge in [-0.05, 0) is 65.6 Å². The molecule has 0 aliphatic heterocycles. The predicted molar refractivity (Wildman–Crippen MR) is 163 cm³/mol. The minimum Gasteiger partial charge on any atom is -0.790 e. The van der Waals surface area contributed by atoms with Gasteiger partial charge in [0.25, 0.3) is 0 Å². The van der Waals surface area contributed by atoms with Gasteiger partial charge in [0.15, 0.2) is 6.10 Å². The SMILES string of the molecule is C#CC#CC#CC#CC#CC#CC(=O)OC[C@H](COP(=O)([O-])[O-])OC(=O)CCCCCCCCCC.S.[HH].[HH].[HH].[HH].[HH].[HH].[HH].[HH].[HH].[HH].[HH].[Na+].[Na+]. The van der Waals surface area contributed by atoms with Gasteiger partial charge in [0, 0.05) is 28.0 Å². The molecule has 0 aromatic heterocycles. The molecule has 0 saturated heterocycles. The maximum absolute atomic E-state index is 12.0. The van der Waals surface area contributed by atoms with Crippen molar-refractivity contribution in [1.29, 1.82) is 0 Å². The van der Waals surface area contributed by atoms with E-state index in [9.17, 15) is 23.9 Å². The third-order valence-corrected chi connectivity index (χ3v) is 4.55. The van der Waals surface area contributed by atoms with Crippen LogP contribution in [-0.4, -0.2) is 31.3 Å². The summed E-state index contributed by atoms with van der Waals surface area (Å²) in [4.78, 5) is 45.2. The second kappa shape index (κ2) is 31.3. The van der Waals surface area contributed by atoms with Gasteiger partial charge in [0.1, 0.15) is 6.61 Å². The average molecular weight is 613 g/mol. The molecule has 0 aliphatic carbocycles. The quantitative estimate of drug-likeness (QED) is 0.0535. The van der Waals surface area contributed by atoms with Gasteiger partial charge >= 0.3 is 71.1 Å². The molecule has 39 heavy (non-hydrogen) atoms. The Kier molecular flexibility index (Phi) is 35.9. The zero-order valence-corrected chi connectivity index (χ0v) is 28.5. The summed E-state index contributed by atoms with van der Waals surface area (Å²) in [5.41, 5.74) is 0. The first-order valence-electron chi connectivity index (χ1n) is 11.3. The normalized spacial score (nSPS) is 9.18. The van der Waals surface area contributed by atoms with Crippen molar-refractivity contribution < 1.29 is 113 Å². The molecule has 0 spiro atoms. The Morgan fingerprint density at radius 3 is 1.82 bits per heavy atom. The number of carbonyl (C=O) groups is 2. The number of hydrogen-bond acceptors (Lipinski definition) is 8. The van der Waals surface area contributed by atoms with Gasteiger partial charge in [0.2, 0.25) is 0 Å². The van der Waals surface area contributed by atoms with Crippen molar-refractivity contribution in [1.82, 2.24) is 0 Å². The van der Waals surface area contributed by atoms with Crippen LogP contribution in [0.25, 0.3) is 0 Å². The number of hydrogen-bond donors (Lipinski definition) is 0. The number of unbranched alkanes of at least 4 members (excludes halogenated alkanes) is 7. The maximum Gasteiger partial charge on any atom is 1.00 e. The number of phosphoric acid groups is 1. The van der Waals surface area contributed by atoms with E-state index in [1.807, 2.05) is 0 Å². The molecule has 0 aromatic rings. The molecule has 0 fully saturated rings. The molecule has 0 amide bonds. The molecule has 0 rings (SSSR count). The molecular weight excluding hydrogens is 561 g/mol. The first-order valence-corrected chi connectivity index (χ1v) is 12.7. The van der Waals surface area contributed by atoms with Crippen LogP contribution < -0.4 is 68.9 Å². The van der Waals surface area contributed by atoms with Crippen molar-refractivity contribution in [2.45, 2.75) is 70.8 Å². The number of esters is 2. The third-order valence-electron chi connectivity index (χ3n) is 4.09. The molecule has 0 bridgehead atoms. The Hall–Kier alpha value is -1.24. The van der Waals surface area contributed by atoms with E-state index in [2.05, 4.69) is 76.6 Å². The number of terminal acetylenes is 1. The van der Waals surface area contributed by atoms with Crippen LogP contribution in [0.4, 0.5) is 0 Å². The van der Waals surface area contributed by atoms with Crippen LogP contribution in [0, 0.1) is 71.5 Å². The summed E-state index contributed by atoms with van der Waals surface area (Å²) >= 11 is 0. The van der Waals surface area contributed by atoms with Crippen molar-refractivity contribution in [3.8, 4) is 71.5 Å². The zero-order chi connectivity index (χ0) is 26.9. The van der Waals surface area contributed by atoms with Crippen LogP contribution in [0.5, 0.6) is 0 Å². The molecule has 0 unspecified atom stereocenters. The number of carbonyl (C=O) groups excluding carboxylic acids is 2. The molecule has 1 atom stereocenters. The van der Waals surface area contributed by atoms with E-state index < -0.39 is 39.1 Å². The summed E-state index contributed by atoms with van der Waals surface area (Å²) in [5, 5.41) is 0. The van der Waals surface area contributed by atoms with Crippen LogP contribution in [-0.2, 0) is 28.2 Å². The van der Waals surface area contributed by atoms with Crippen LogP contribution in [0.15, 0.2) is 0 Å². The van der Waals surface area contributed by atoms with Gasteiger partial charge in [-0.1, -0.05) is 51.9 Å². The topological polar surface area (TPSA) is 125 Å². The van der Waals surface area contributed by atoms with Crippen molar-refractivity contribution in [3.05, 3.63) is 0 Å². The van der Waals surface area contributed by atoms with Gasteiger partial charge in [-0.3, -0.25) is 4.79 Å². The summed E-state index contributed by atoms with van der Waals surface area (Å²) in [7, 11) is -5.31. The largest absolute Gasteiger partial charge is 1.00 e. The monoisotopic (exact) mass is 612 g/mol. The van der Waals surface area contributed by atoms with Gasteiger partial charge in [-0.15, -0.1) is 6.42 Å². The number of rotatable bonds is 15. The van der Waals surface area contributed by atoms with Crippen LogP contribution in [0.2, 0.25) is 0 Å². The maximum atomic E-state index is 12.0. The molecule has 0 radical (unpaired) electrons. The first-order chi connectivity index (χ1) is 17.3. The molecular formula is C27H51Na2O8PS. The summed E-state index contributed by atoms with van der Waals surface area (Å²) < 4.78 is 24.8. The molecule has 220 valence electrons. The molecule has 8 nitrogen and oxygen atoms in total. The standard InChI is InChI=1S/C27H29O8P.2Na.H2S.11H2/c1-3-5-7-9-11-13-14-16-17-19-21-26(28)33-23-25(24-34-36(30,31)32)35-27(29)22-20-18-15-12-10-8-6-4-2;;;;;;;;;;;;;;/h1,25H,4,6,8,10,12,15,18,20,22-24H2,2H3,(H2,30,31,32);;;1H2;11*1H/q;2*+1;;;;;;;;;;;;/p-2/t25-;;;;;;;;;;;;;;/m1............../s1. The van der Waals surface area contributed by atoms with E-state index in [0.29, 0.717) is 6.42 Å². The molecule has 0 aliphatic rings. The molecule has 12 heteroatoms. The van der Waals surface area contributed by atoms with E-state index in [-0.39, 0.29) is 94.7 Å². The van der Waals surface area contributed by atoms with Gasteiger partial charge in [-0.2, -0.15) is 13.5 Å². The van der Waals surface area contributed by atoms with E-state index >= 15 is 0 Å². The minimum absolute atomic E-state index is 0. The average Bonchev–Trinajstić information content (AvgIpc) is 2.83. The van der Waals surface area contributed by atoms with Crippen molar-refractivity contribution in [2.24, 2.45) is 0 Å². The van der Waals surface area contributed by atoms with Crippen LogP contribution in [0.1, 0.15) is 80.4 Å². The predicted octanol–water partition coefficient (Wildman–Crippen LogP) is -1.71. The fourth-order valence-electron chi connectivity index (χ4n) is 2.48. The Labute approximate surface area is 299 Å².